The number of nitrogens with zero attached hydrogens (tertiary/aromatic N) is 3. The molecule has 0 saturated carbocycles. The number of hydrogen-bond acceptors (Lipinski definition) is 3. The molecule has 1 saturated heterocycles. The van der Waals surface area contributed by atoms with E-state index in [9.17, 15) is 0 Å². The second-order valence-corrected chi connectivity index (χ2v) is 5.49. The van der Waals surface area contributed by atoms with E-state index < -0.39 is 0 Å². The van der Waals surface area contributed by atoms with Crippen LogP contribution in [0, 0.1) is 0 Å². The average molecular weight is 270 g/mol. The molecule has 0 spiro atoms. The molecule has 0 aliphatic carbocycles. The molecule has 1 fully saturated rings. The van der Waals surface area contributed by atoms with Crippen LogP contribution in [0.15, 0.2) is 42.6 Å². The Kier molecular flexibility index (Phi) is 4.14. The van der Waals surface area contributed by atoms with E-state index in [-0.39, 0.29) is 0 Å². The lowest BCUT2D eigenvalue weighted by molar-refractivity contribution is 0.257. The number of hydrogen-bond donors (Lipinski definition) is 1. The molecule has 1 unspecified atom stereocenters. The SMILES string of the molecule is Cn1ccc(CN2CCCNC(c3ccccc3)C2)n1. The quantitative estimate of drug-likeness (QED) is 0.925. The van der Waals surface area contributed by atoms with Gasteiger partial charge in [0.05, 0.1) is 5.69 Å². The van der Waals surface area contributed by atoms with Crippen LogP contribution in [-0.2, 0) is 13.6 Å². The number of nitrogens with one attached hydrogen (secondary N) is 1. The van der Waals surface area contributed by atoms with Gasteiger partial charge < -0.3 is 5.32 Å². The van der Waals surface area contributed by atoms with Crippen LogP contribution in [0.1, 0.15) is 23.7 Å². The van der Waals surface area contributed by atoms with Crippen molar-refractivity contribution in [3.63, 3.8) is 0 Å². The lowest BCUT2D eigenvalue weighted by atomic mass is 10.1. The van der Waals surface area contributed by atoms with Crippen LogP contribution in [-0.4, -0.2) is 34.3 Å². The van der Waals surface area contributed by atoms with E-state index in [4.69, 9.17) is 0 Å². The Morgan fingerprint density at radius 2 is 2.10 bits per heavy atom. The number of rotatable bonds is 3. The van der Waals surface area contributed by atoms with E-state index >= 15 is 0 Å². The molecule has 0 radical (unpaired) electrons. The summed E-state index contributed by atoms with van der Waals surface area (Å²) in [6.45, 7) is 4.19. The van der Waals surface area contributed by atoms with Crippen molar-refractivity contribution in [1.29, 1.82) is 0 Å². The predicted molar refractivity (Wildman–Crippen MR) is 80.3 cm³/mol. The fourth-order valence-electron chi connectivity index (χ4n) is 2.82. The van der Waals surface area contributed by atoms with Crippen molar-refractivity contribution < 1.29 is 0 Å². The molecule has 4 heteroatoms. The van der Waals surface area contributed by atoms with Crippen LogP contribution in [0.2, 0.25) is 0 Å². The van der Waals surface area contributed by atoms with Gasteiger partial charge >= 0.3 is 0 Å². The van der Waals surface area contributed by atoms with Gasteiger partial charge in [-0.15, -0.1) is 0 Å². The molecule has 1 atom stereocenters. The van der Waals surface area contributed by atoms with Crippen molar-refractivity contribution in [1.82, 2.24) is 20.0 Å². The first-order valence-electron chi connectivity index (χ1n) is 7.30. The van der Waals surface area contributed by atoms with E-state index in [1.807, 2.05) is 17.9 Å². The van der Waals surface area contributed by atoms with Crippen LogP contribution in [0.4, 0.5) is 0 Å². The summed E-state index contributed by atoms with van der Waals surface area (Å²) in [5.41, 5.74) is 2.53. The summed E-state index contributed by atoms with van der Waals surface area (Å²) in [4.78, 5) is 2.50. The lowest BCUT2D eigenvalue weighted by Gasteiger charge is -2.24. The Hall–Kier alpha value is -1.65. The number of aryl methyl sites for hydroxylation is 1. The zero-order valence-electron chi connectivity index (χ0n) is 12.0. The van der Waals surface area contributed by atoms with Crippen molar-refractivity contribution in [3.8, 4) is 0 Å². The molecule has 1 aromatic heterocycles. The van der Waals surface area contributed by atoms with Crippen molar-refractivity contribution in [2.24, 2.45) is 7.05 Å². The summed E-state index contributed by atoms with van der Waals surface area (Å²) in [6.07, 6.45) is 3.20. The van der Waals surface area contributed by atoms with Crippen molar-refractivity contribution in [2.45, 2.75) is 19.0 Å². The third-order valence-corrected chi connectivity index (χ3v) is 3.84. The van der Waals surface area contributed by atoms with Gasteiger partial charge in [0.2, 0.25) is 0 Å². The minimum atomic E-state index is 0.419. The van der Waals surface area contributed by atoms with Gasteiger partial charge in [-0.05, 0) is 31.1 Å². The number of aromatic nitrogens is 2. The highest BCUT2D eigenvalue weighted by molar-refractivity contribution is 5.19. The topological polar surface area (TPSA) is 33.1 Å². The molecule has 20 heavy (non-hydrogen) atoms. The Morgan fingerprint density at radius 1 is 1.25 bits per heavy atom. The molecule has 0 bridgehead atoms. The van der Waals surface area contributed by atoms with Crippen LogP contribution in [0.3, 0.4) is 0 Å². The van der Waals surface area contributed by atoms with Crippen LogP contribution >= 0.6 is 0 Å². The minimum absolute atomic E-state index is 0.419. The van der Waals surface area contributed by atoms with E-state index in [0.29, 0.717) is 6.04 Å². The van der Waals surface area contributed by atoms with E-state index in [1.54, 1.807) is 0 Å². The number of benzene rings is 1. The highest BCUT2D eigenvalue weighted by Crippen LogP contribution is 2.18. The average Bonchev–Trinajstić information content (AvgIpc) is 2.74. The standard InChI is InChI=1S/C16H22N4/c1-19-11-8-15(18-19)12-20-10-5-9-17-16(13-20)14-6-3-2-4-7-14/h2-4,6-8,11,16-17H,5,9-10,12-13H2,1H3. The Morgan fingerprint density at radius 3 is 2.85 bits per heavy atom. The molecule has 1 N–H and O–H groups in total. The molecule has 4 nitrogen and oxygen atoms in total. The molecule has 2 aromatic rings. The molecule has 1 aliphatic heterocycles. The van der Waals surface area contributed by atoms with Crippen molar-refractivity contribution >= 4 is 0 Å². The van der Waals surface area contributed by atoms with Gasteiger partial charge in [-0.1, -0.05) is 30.3 Å². The van der Waals surface area contributed by atoms with Crippen LogP contribution in [0.5, 0.6) is 0 Å². The summed E-state index contributed by atoms with van der Waals surface area (Å²) in [5, 5.41) is 8.14. The van der Waals surface area contributed by atoms with E-state index in [0.717, 1.165) is 31.9 Å². The fourth-order valence-corrected chi connectivity index (χ4v) is 2.82. The van der Waals surface area contributed by atoms with Crippen molar-refractivity contribution in [2.75, 3.05) is 19.6 Å². The molecule has 1 aliphatic rings. The Labute approximate surface area is 120 Å². The molecule has 1 aromatic carbocycles. The monoisotopic (exact) mass is 270 g/mol. The Bertz CT molecular complexity index is 534. The first kappa shape index (κ1) is 13.3. The maximum atomic E-state index is 4.49. The van der Waals surface area contributed by atoms with Gasteiger partial charge in [0.25, 0.3) is 0 Å². The highest BCUT2D eigenvalue weighted by Gasteiger charge is 2.19. The first-order chi connectivity index (χ1) is 9.81. The second kappa shape index (κ2) is 6.20. The molecule has 2 heterocycles. The summed E-state index contributed by atoms with van der Waals surface area (Å²) >= 11 is 0. The molecule has 106 valence electrons. The molecular formula is C16H22N4. The molecule has 0 amide bonds. The second-order valence-electron chi connectivity index (χ2n) is 5.49. The largest absolute Gasteiger partial charge is 0.309 e. The summed E-state index contributed by atoms with van der Waals surface area (Å²) < 4.78 is 1.88. The zero-order chi connectivity index (χ0) is 13.8. The van der Waals surface area contributed by atoms with E-state index in [1.165, 1.54) is 12.0 Å². The van der Waals surface area contributed by atoms with Crippen LogP contribution in [0.25, 0.3) is 0 Å². The van der Waals surface area contributed by atoms with Gasteiger partial charge in [-0.25, -0.2) is 0 Å². The molecule has 3 rings (SSSR count). The van der Waals surface area contributed by atoms with E-state index in [2.05, 4.69) is 51.7 Å². The summed E-state index contributed by atoms with van der Waals surface area (Å²) in [5.74, 6) is 0. The third-order valence-electron chi connectivity index (χ3n) is 3.84. The fraction of sp³-hybridized carbons (Fsp3) is 0.438. The third kappa shape index (κ3) is 3.26. The molecular weight excluding hydrogens is 248 g/mol. The van der Waals surface area contributed by atoms with Gasteiger partial charge in [-0.3, -0.25) is 9.58 Å². The lowest BCUT2D eigenvalue weighted by Crippen LogP contribution is -2.31. The summed E-state index contributed by atoms with van der Waals surface area (Å²) in [7, 11) is 1.97. The van der Waals surface area contributed by atoms with Gasteiger partial charge in [0.1, 0.15) is 0 Å². The van der Waals surface area contributed by atoms with Gasteiger partial charge in [0, 0.05) is 32.4 Å². The smallest absolute Gasteiger partial charge is 0.0764 e. The zero-order valence-corrected chi connectivity index (χ0v) is 12.0. The Balaban J connectivity index is 1.69. The minimum Gasteiger partial charge on any atom is -0.309 e. The summed E-state index contributed by atoms with van der Waals surface area (Å²) in [6, 6.07) is 13.3. The predicted octanol–water partition coefficient (Wildman–Crippen LogP) is 1.96. The van der Waals surface area contributed by atoms with Gasteiger partial charge in [0.15, 0.2) is 0 Å². The van der Waals surface area contributed by atoms with Crippen LogP contribution < -0.4 is 5.32 Å². The van der Waals surface area contributed by atoms with Crippen molar-refractivity contribution in [3.05, 3.63) is 53.9 Å². The first-order valence-corrected chi connectivity index (χ1v) is 7.30. The normalized spacial score (nSPS) is 20.8. The maximum Gasteiger partial charge on any atom is 0.0764 e. The highest BCUT2D eigenvalue weighted by atomic mass is 15.3. The maximum absolute atomic E-state index is 4.49. The van der Waals surface area contributed by atoms with Gasteiger partial charge in [-0.2, -0.15) is 5.10 Å².